The van der Waals surface area contributed by atoms with Crippen molar-refractivity contribution in [2.24, 2.45) is 0 Å². The average Bonchev–Trinajstić information content (AvgIpc) is 3.17. The third-order valence-corrected chi connectivity index (χ3v) is 5.72. The minimum Gasteiger partial charge on any atom is -0.292 e. The van der Waals surface area contributed by atoms with Crippen LogP contribution in [0.4, 0.5) is 10.5 Å². The summed E-state index contributed by atoms with van der Waals surface area (Å²) in [6, 6.07) is 20.2. The molecule has 0 saturated carbocycles. The van der Waals surface area contributed by atoms with Crippen LogP contribution in [-0.2, 0) is 6.54 Å². The maximum Gasteiger partial charge on any atom is 0.343 e. The molecule has 0 fully saturated rings. The Labute approximate surface area is 178 Å². The van der Waals surface area contributed by atoms with Gasteiger partial charge in [-0.1, -0.05) is 46.3 Å². The second kappa shape index (κ2) is 8.41. The van der Waals surface area contributed by atoms with Crippen LogP contribution in [0.2, 0.25) is 0 Å². The molecule has 0 atom stereocenters. The van der Waals surface area contributed by atoms with Crippen molar-refractivity contribution in [1.29, 1.82) is 0 Å². The first-order valence-corrected chi connectivity index (χ1v) is 10.7. The number of alkyl halides is 1. The summed E-state index contributed by atoms with van der Waals surface area (Å²) >= 11 is 9.34. The number of aromatic nitrogens is 1. The lowest BCUT2D eigenvalue weighted by Gasteiger charge is -2.29. The van der Waals surface area contributed by atoms with E-state index < -0.39 is 0 Å². The van der Waals surface area contributed by atoms with Crippen molar-refractivity contribution < 1.29 is 4.79 Å². The molecule has 4 nitrogen and oxygen atoms in total. The third-order valence-electron chi connectivity index (χ3n) is 4.92. The highest BCUT2D eigenvalue weighted by Gasteiger charge is 2.30. The number of benzene rings is 2. The normalized spacial score (nSPS) is 13.3. The molecule has 1 aliphatic rings. The Kier molecular flexibility index (Phi) is 5.74. The summed E-state index contributed by atoms with van der Waals surface area (Å²) in [5.41, 5.74) is 4.09. The number of unbranched alkanes of at least 4 members (excludes halogenated alkanes) is 1. The molecule has 0 unspecified atom stereocenters. The summed E-state index contributed by atoms with van der Waals surface area (Å²) < 4.78 is 2.99. The van der Waals surface area contributed by atoms with Crippen LogP contribution in [0.25, 0.3) is 11.3 Å². The van der Waals surface area contributed by atoms with E-state index in [1.54, 1.807) is 5.01 Å². The minimum absolute atomic E-state index is 0.0279. The van der Waals surface area contributed by atoms with Crippen LogP contribution in [0.1, 0.15) is 18.4 Å². The highest BCUT2D eigenvalue weighted by Crippen LogP contribution is 2.35. The first-order chi connectivity index (χ1) is 13.7. The van der Waals surface area contributed by atoms with Gasteiger partial charge in [-0.2, -0.15) is 0 Å². The fourth-order valence-corrected chi connectivity index (χ4v) is 4.00. The van der Waals surface area contributed by atoms with Crippen LogP contribution in [0.15, 0.2) is 71.3 Å². The number of nitrogens with zero attached hydrogens (tertiary/aromatic N) is 3. The molecule has 1 aromatic heterocycles. The summed E-state index contributed by atoms with van der Waals surface area (Å²) in [5, 5.41) is 1.80. The Bertz CT molecular complexity index is 970. The maximum absolute atomic E-state index is 13.6. The molecule has 6 heteroatoms. The molecule has 0 N–H and O–H groups in total. The summed E-state index contributed by atoms with van der Waals surface area (Å²) in [5.74, 6) is 0.603. The Morgan fingerprint density at radius 2 is 1.71 bits per heavy atom. The number of carbonyl (C=O) groups is 1. The Balaban J connectivity index is 1.76. The van der Waals surface area contributed by atoms with Crippen LogP contribution in [0.5, 0.6) is 0 Å². The topological polar surface area (TPSA) is 28.5 Å². The molecule has 3 aromatic rings. The molecule has 0 aliphatic carbocycles. The number of fused-ring (bicyclic) bond motifs is 3. The monoisotopic (exact) mass is 457 g/mol. The SMILES string of the molecule is O=C1N(CCCCCl)c2ccccc2-c2cccn2N1Cc1ccc(Br)cc1. The highest BCUT2D eigenvalue weighted by molar-refractivity contribution is 9.10. The van der Waals surface area contributed by atoms with Crippen LogP contribution >= 0.6 is 27.5 Å². The van der Waals surface area contributed by atoms with Gasteiger partial charge in [0.1, 0.15) is 0 Å². The van der Waals surface area contributed by atoms with Crippen LogP contribution in [0.3, 0.4) is 0 Å². The first-order valence-electron chi connectivity index (χ1n) is 9.35. The number of hydrogen-bond donors (Lipinski definition) is 0. The Morgan fingerprint density at radius 3 is 2.50 bits per heavy atom. The van der Waals surface area contributed by atoms with Gasteiger partial charge in [-0.25, -0.2) is 9.80 Å². The number of anilines is 1. The van der Waals surface area contributed by atoms with E-state index in [0.29, 0.717) is 19.0 Å². The molecule has 4 rings (SSSR count). The van der Waals surface area contributed by atoms with Crippen molar-refractivity contribution in [2.45, 2.75) is 19.4 Å². The Hall–Kier alpha value is -2.24. The van der Waals surface area contributed by atoms with Gasteiger partial charge in [0, 0.05) is 28.7 Å². The molecule has 2 amide bonds. The van der Waals surface area contributed by atoms with Crippen molar-refractivity contribution >= 4 is 39.2 Å². The van der Waals surface area contributed by atoms with Gasteiger partial charge in [0.2, 0.25) is 0 Å². The highest BCUT2D eigenvalue weighted by atomic mass is 79.9. The molecule has 0 saturated heterocycles. The lowest BCUT2D eigenvalue weighted by molar-refractivity contribution is 0.246. The number of para-hydroxylation sites is 1. The smallest absolute Gasteiger partial charge is 0.292 e. The van der Waals surface area contributed by atoms with Crippen LogP contribution in [0, 0.1) is 0 Å². The molecule has 0 spiro atoms. The first kappa shape index (κ1) is 19.1. The van der Waals surface area contributed by atoms with Crippen molar-refractivity contribution in [3.8, 4) is 11.3 Å². The van der Waals surface area contributed by atoms with E-state index >= 15 is 0 Å². The second-order valence-electron chi connectivity index (χ2n) is 6.77. The van der Waals surface area contributed by atoms with Gasteiger partial charge in [-0.3, -0.25) is 9.58 Å². The summed E-state index contributed by atoms with van der Waals surface area (Å²) in [6.45, 7) is 1.14. The van der Waals surface area contributed by atoms with Gasteiger partial charge in [-0.05, 0) is 48.7 Å². The van der Waals surface area contributed by atoms with Gasteiger partial charge >= 0.3 is 6.03 Å². The number of rotatable bonds is 6. The molecule has 144 valence electrons. The van der Waals surface area contributed by atoms with E-state index in [2.05, 4.69) is 28.1 Å². The van der Waals surface area contributed by atoms with E-state index in [-0.39, 0.29) is 6.03 Å². The predicted molar refractivity (Wildman–Crippen MR) is 119 cm³/mol. The van der Waals surface area contributed by atoms with Crippen molar-refractivity contribution in [1.82, 2.24) is 4.68 Å². The van der Waals surface area contributed by atoms with E-state index in [0.717, 1.165) is 39.8 Å². The van der Waals surface area contributed by atoms with Gasteiger partial charge in [0.05, 0.1) is 17.9 Å². The average molecular weight is 459 g/mol. The second-order valence-corrected chi connectivity index (χ2v) is 8.06. The van der Waals surface area contributed by atoms with E-state index in [9.17, 15) is 4.79 Å². The zero-order valence-corrected chi connectivity index (χ0v) is 17.7. The Morgan fingerprint density at radius 1 is 0.929 bits per heavy atom. The van der Waals surface area contributed by atoms with Crippen LogP contribution in [-0.4, -0.2) is 23.1 Å². The standard InChI is InChI=1S/C22H21BrClN3O/c23-18-11-9-17(10-12-18)16-27-22(28)25(14-4-3-13-24)20-7-2-1-6-19(20)21-8-5-15-26(21)27/h1-2,5-12,15H,3-4,13-14,16H2. The number of urea groups is 1. The van der Waals surface area contributed by atoms with Gasteiger partial charge in [0.15, 0.2) is 0 Å². The lowest BCUT2D eigenvalue weighted by Crippen LogP contribution is -2.47. The van der Waals surface area contributed by atoms with Crippen LogP contribution < -0.4 is 9.91 Å². The lowest BCUT2D eigenvalue weighted by atomic mass is 10.1. The van der Waals surface area contributed by atoms with E-state index in [1.807, 2.05) is 64.3 Å². The number of hydrogen-bond acceptors (Lipinski definition) is 1. The quantitative estimate of drug-likeness (QED) is 0.328. The number of halogens is 2. The van der Waals surface area contributed by atoms with Gasteiger partial charge in [-0.15, -0.1) is 11.6 Å². The summed E-state index contributed by atoms with van der Waals surface area (Å²) in [6.07, 6.45) is 3.70. The van der Waals surface area contributed by atoms with Gasteiger partial charge in [0.25, 0.3) is 0 Å². The molecule has 2 heterocycles. The number of amides is 2. The zero-order chi connectivity index (χ0) is 19.5. The fraction of sp³-hybridized carbons (Fsp3) is 0.227. The zero-order valence-electron chi connectivity index (χ0n) is 15.4. The predicted octanol–water partition coefficient (Wildman–Crippen LogP) is 6.01. The summed E-state index contributed by atoms with van der Waals surface area (Å²) in [7, 11) is 0. The molecular formula is C22H21BrClN3O. The van der Waals surface area contributed by atoms with E-state index in [1.165, 1.54) is 0 Å². The minimum atomic E-state index is -0.0279. The fourth-order valence-electron chi connectivity index (χ4n) is 3.54. The number of carbonyl (C=O) groups excluding carboxylic acids is 1. The molecule has 28 heavy (non-hydrogen) atoms. The third kappa shape index (κ3) is 3.69. The molecule has 0 bridgehead atoms. The van der Waals surface area contributed by atoms with Crippen molar-refractivity contribution in [2.75, 3.05) is 22.3 Å². The summed E-state index contributed by atoms with van der Waals surface area (Å²) in [4.78, 5) is 15.5. The molecule has 1 aliphatic heterocycles. The molecular weight excluding hydrogens is 438 g/mol. The van der Waals surface area contributed by atoms with Crippen molar-refractivity contribution in [3.05, 3.63) is 76.9 Å². The molecule has 2 aromatic carbocycles. The maximum atomic E-state index is 13.6. The largest absolute Gasteiger partial charge is 0.343 e. The van der Waals surface area contributed by atoms with E-state index in [4.69, 9.17) is 11.6 Å². The molecule has 0 radical (unpaired) electrons. The van der Waals surface area contributed by atoms with Gasteiger partial charge < -0.3 is 0 Å². The van der Waals surface area contributed by atoms with Crippen molar-refractivity contribution in [3.63, 3.8) is 0 Å².